The second-order valence-corrected chi connectivity index (χ2v) is 6.49. The summed E-state index contributed by atoms with van der Waals surface area (Å²) in [7, 11) is 1.74. The highest BCUT2D eigenvalue weighted by Gasteiger charge is 2.27. The molecular weight excluding hydrogens is 238 g/mol. The SMILES string of the molecule is CNC(=O)C1CCCCN1CCCCC(C)(C)CN. The summed E-state index contributed by atoms with van der Waals surface area (Å²) in [4.78, 5) is 14.2. The van der Waals surface area contributed by atoms with Crippen LogP contribution in [0.1, 0.15) is 52.4 Å². The van der Waals surface area contributed by atoms with Crippen LogP contribution in [0.3, 0.4) is 0 Å². The molecular formula is C15H31N3O. The summed E-state index contributed by atoms with van der Waals surface area (Å²) >= 11 is 0. The number of carbonyl (C=O) groups excluding carboxylic acids is 1. The maximum atomic E-state index is 11.8. The molecule has 0 aromatic rings. The van der Waals surface area contributed by atoms with Gasteiger partial charge in [0.25, 0.3) is 0 Å². The third-order valence-corrected chi connectivity index (χ3v) is 4.26. The van der Waals surface area contributed by atoms with Crippen LogP contribution in [0.15, 0.2) is 0 Å². The van der Waals surface area contributed by atoms with Crippen LogP contribution in [-0.2, 0) is 4.79 Å². The molecule has 112 valence electrons. The molecule has 1 aliphatic rings. The van der Waals surface area contributed by atoms with Gasteiger partial charge in [0.2, 0.25) is 5.91 Å². The monoisotopic (exact) mass is 269 g/mol. The molecule has 1 heterocycles. The molecule has 1 amide bonds. The minimum absolute atomic E-state index is 0.0984. The fourth-order valence-corrected chi connectivity index (χ4v) is 2.74. The summed E-state index contributed by atoms with van der Waals surface area (Å²) in [5, 5.41) is 2.79. The van der Waals surface area contributed by atoms with Crippen molar-refractivity contribution in [1.29, 1.82) is 0 Å². The van der Waals surface area contributed by atoms with E-state index in [0.717, 1.165) is 32.5 Å². The molecule has 1 fully saturated rings. The Kier molecular flexibility index (Phi) is 6.80. The van der Waals surface area contributed by atoms with Crippen LogP contribution in [0, 0.1) is 5.41 Å². The van der Waals surface area contributed by atoms with E-state index in [2.05, 4.69) is 24.1 Å². The van der Waals surface area contributed by atoms with Crippen molar-refractivity contribution in [2.45, 2.75) is 58.4 Å². The van der Waals surface area contributed by atoms with Gasteiger partial charge < -0.3 is 11.1 Å². The summed E-state index contributed by atoms with van der Waals surface area (Å²) < 4.78 is 0. The Bertz CT molecular complexity index is 279. The Balaban J connectivity index is 2.31. The lowest BCUT2D eigenvalue weighted by Crippen LogP contribution is -2.48. The van der Waals surface area contributed by atoms with E-state index in [1.54, 1.807) is 7.05 Å². The van der Waals surface area contributed by atoms with Gasteiger partial charge in [0.1, 0.15) is 0 Å². The first-order chi connectivity index (χ1) is 9.00. The van der Waals surface area contributed by atoms with Crippen LogP contribution >= 0.6 is 0 Å². The number of nitrogens with one attached hydrogen (secondary N) is 1. The van der Waals surface area contributed by atoms with Crippen molar-refractivity contribution in [3.8, 4) is 0 Å². The number of piperidine rings is 1. The van der Waals surface area contributed by atoms with Crippen LogP contribution in [-0.4, -0.2) is 43.5 Å². The second kappa shape index (κ2) is 7.85. The van der Waals surface area contributed by atoms with E-state index in [1.165, 1.54) is 25.7 Å². The zero-order valence-corrected chi connectivity index (χ0v) is 12.9. The molecule has 0 bridgehead atoms. The molecule has 0 spiro atoms. The van der Waals surface area contributed by atoms with Crippen molar-refractivity contribution >= 4 is 5.91 Å². The van der Waals surface area contributed by atoms with Gasteiger partial charge in [-0.15, -0.1) is 0 Å². The van der Waals surface area contributed by atoms with Crippen molar-refractivity contribution < 1.29 is 4.79 Å². The normalized spacial score (nSPS) is 21.4. The number of likely N-dealkylation sites (tertiary alicyclic amines) is 1. The van der Waals surface area contributed by atoms with Crippen molar-refractivity contribution in [2.24, 2.45) is 11.1 Å². The summed E-state index contributed by atoms with van der Waals surface area (Å²) in [6, 6.07) is 0.0984. The third kappa shape index (κ3) is 5.49. The summed E-state index contributed by atoms with van der Waals surface area (Å²) in [5.41, 5.74) is 6.00. The highest BCUT2D eigenvalue weighted by molar-refractivity contribution is 5.81. The fraction of sp³-hybridized carbons (Fsp3) is 0.933. The predicted octanol–water partition coefficient (Wildman–Crippen LogP) is 1.74. The van der Waals surface area contributed by atoms with E-state index in [1.807, 2.05) is 0 Å². The summed E-state index contributed by atoms with van der Waals surface area (Å²) in [6.45, 7) is 7.30. The van der Waals surface area contributed by atoms with Crippen molar-refractivity contribution in [3.05, 3.63) is 0 Å². The Morgan fingerprint density at radius 2 is 2.11 bits per heavy atom. The Morgan fingerprint density at radius 1 is 1.37 bits per heavy atom. The molecule has 0 aromatic heterocycles. The molecule has 0 aliphatic carbocycles. The number of amides is 1. The quantitative estimate of drug-likeness (QED) is 0.692. The van der Waals surface area contributed by atoms with Gasteiger partial charge in [-0.2, -0.15) is 0 Å². The molecule has 0 radical (unpaired) electrons. The molecule has 0 aromatic carbocycles. The number of unbranched alkanes of at least 4 members (excludes halogenated alkanes) is 1. The largest absolute Gasteiger partial charge is 0.358 e. The number of nitrogens with zero attached hydrogens (tertiary/aromatic N) is 1. The average Bonchev–Trinajstić information content (AvgIpc) is 2.43. The van der Waals surface area contributed by atoms with Gasteiger partial charge in [-0.25, -0.2) is 0 Å². The number of hydrogen-bond donors (Lipinski definition) is 2. The van der Waals surface area contributed by atoms with E-state index in [9.17, 15) is 4.79 Å². The summed E-state index contributed by atoms with van der Waals surface area (Å²) in [6.07, 6.45) is 6.94. The molecule has 1 saturated heterocycles. The highest BCUT2D eigenvalue weighted by Crippen LogP contribution is 2.22. The van der Waals surface area contributed by atoms with Gasteiger partial charge in [0.15, 0.2) is 0 Å². The highest BCUT2D eigenvalue weighted by atomic mass is 16.2. The van der Waals surface area contributed by atoms with Crippen LogP contribution in [0.5, 0.6) is 0 Å². The number of hydrogen-bond acceptors (Lipinski definition) is 3. The van der Waals surface area contributed by atoms with Gasteiger partial charge >= 0.3 is 0 Å². The van der Waals surface area contributed by atoms with Crippen LogP contribution < -0.4 is 11.1 Å². The van der Waals surface area contributed by atoms with Crippen LogP contribution in [0.4, 0.5) is 0 Å². The van der Waals surface area contributed by atoms with E-state index in [0.29, 0.717) is 0 Å². The smallest absolute Gasteiger partial charge is 0.237 e. The Hall–Kier alpha value is -0.610. The molecule has 1 rings (SSSR count). The molecule has 4 heteroatoms. The predicted molar refractivity (Wildman–Crippen MR) is 80.0 cm³/mol. The average molecular weight is 269 g/mol. The molecule has 0 saturated carbocycles. The zero-order valence-electron chi connectivity index (χ0n) is 12.9. The number of nitrogens with two attached hydrogens (primary N) is 1. The van der Waals surface area contributed by atoms with Gasteiger partial charge in [0, 0.05) is 7.05 Å². The van der Waals surface area contributed by atoms with Crippen molar-refractivity contribution in [2.75, 3.05) is 26.7 Å². The van der Waals surface area contributed by atoms with Crippen LogP contribution in [0.2, 0.25) is 0 Å². The minimum Gasteiger partial charge on any atom is -0.358 e. The van der Waals surface area contributed by atoms with Crippen molar-refractivity contribution in [3.63, 3.8) is 0 Å². The molecule has 4 nitrogen and oxygen atoms in total. The van der Waals surface area contributed by atoms with E-state index >= 15 is 0 Å². The lowest BCUT2D eigenvalue weighted by atomic mass is 9.87. The van der Waals surface area contributed by atoms with Gasteiger partial charge in [-0.3, -0.25) is 9.69 Å². The fourth-order valence-electron chi connectivity index (χ4n) is 2.74. The van der Waals surface area contributed by atoms with E-state index in [4.69, 9.17) is 5.73 Å². The number of rotatable bonds is 7. The first-order valence-electron chi connectivity index (χ1n) is 7.66. The number of likely N-dealkylation sites (N-methyl/N-ethyl adjacent to an activating group) is 1. The lowest BCUT2D eigenvalue weighted by molar-refractivity contribution is -0.127. The van der Waals surface area contributed by atoms with Crippen molar-refractivity contribution in [1.82, 2.24) is 10.2 Å². The van der Waals surface area contributed by atoms with Gasteiger partial charge in [-0.05, 0) is 50.7 Å². The molecule has 1 atom stereocenters. The van der Waals surface area contributed by atoms with Crippen LogP contribution in [0.25, 0.3) is 0 Å². The maximum absolute atomic E-state index is 11.8. The Labute approximate surface area is 118 Å². The number of carbonyl (C=O) groups is 1. The first-order valence-corrected chi connectivity index (χ1v) is 7.66. The first kappa shape index (κ1) is 16.4. The topological polar surface area (TPSA) is 58.4 Å². The van der Waals surface area contributed by atoms with Gasteiger partial charge in [-0.1, -0.05) is 26.7 Å². The molecule has 1 unspecified atom stereocenters. The second-order valence-electron chi connectivity index (χ2n) is 6.49. The molecule has 1 aliphatic heterocycles. The summed E-state index contributed by atoms with van der Waals surface area (Å²) in [5.74, 6) is 0.182. The molecule has 3 N–H and O–H groups in total. The third-order valence-electron chi connectivity index (χ3n) is 4.26. The van der Waals surface area contributed by atoms with E-state index in [-0.39, 0.29) is 17.4 Å². The molecule has 19 heavy (non-hydrogen) atoms. The standard InChI is InChI=1S/C15H31N3O/c1-15(2,12-16)9-5-7-11-18-10-6-4-8-13(18)14(19)17-3/h13H,4-12,16H2,1-3H3,(H,17,19). The lowest BCUT2D eigenvalue weighted by Gasteiger charge is -2.34. The zero-order chi connectivity index (χ0) is 14.3. The van der Waals surface area contributed by atoms with E-state index < -0.39 is 0 Å². The maximum Gasteiger partial charge on any atom is 0.237 e. The Morgan fingerprint density at radius 3 is 2.74 bits per heavy atom. The van der Waals surface area contributed by atoms with Gasteiger partial charge in [0.05, 0.1) is 6.04 Å². The minimum atomic E-state index is 0.0984.